The Labute approximate surface area is 88.3 Å². The van der Waals surface area contributed by atoms with E-state index in [0.717, 1.165) is 0 Å². The van der Waals surface area contributed by atoms with Crippen molar-refractivity contribution in [3.05, 3.63) is 22.4 Å². The third-order valence-electron chi connectivity index (χ3n) is 2.19. The Hall–Kier alpha value is -0.870. The van der Waals surface area contributed by atoms with Gasteiger partial charge in [-0.05, 0) is 18.4 Å². The minimum absolute atomic E-state index is 0.114. The van der Waals surface area contributed by atoms with E-state index in [2.05, 4.69) is 18.3 Å². The summed E-state index contributed by atoms with van der Waals surface area (Å²) in [7, 11) is 0. The minimum Gasteiger partial charge on any atom is -0.369 e. The zero-order valence-electron chi connectivity index (χ0n) is 8.49. The number of hydrogen-bond acceptors (Lipinski definition) is 3. The third-order valence-corrected chi connectivity index (χ3v) is 3.24. The van der Waals surface area contributed by atoms with Crippen molar-refractivity contribution in [2.24, 2.45) is 11.7 Å². The van der Waals surface area contributed by atoms with Crippen LogP contribution in [0.2, 0.25) is 0 Å². The number of thiophene rings is 1. The van der Waals surface area contributed by atoms with Crippen LogP contribution in [0.25, 0.3) is 0 Å². The van der Waals surface area contributed by atoms with Crippen molar-refractivity contribution in [3.8, 4) is 0 Å². The molecule has 3 nitrogen and oxygen atoms in total. The molecule has 0 saturated heterocycles. The van der Waals surface area contributed by atoms with Crippen LogP contribution in [-0.4, -0.2) is 12.5 Å². The lowest BCUT2D eigenvalue weighted by atomic mass is 10.1. The van der Waals surface area contributed by atoms with E-state index in [1.54, 1.807) is 11.3 Å². The zero-order chi connectivity index (χ0) is 10.6. The second kappa shape index (κ2) is 5.12. The minimum atomic E-state index is -0.254. The lowest BCUT2D eigenvalue weighted by Crippen LogP contribution is -2.32. The van der Waals surface area contributed by atoms with E-state index < -0.39 is 0 Å². The molecular formula is C10H16N2OS. The fourth-order valence-electron chi connectivity index (χ4n) is 1.09. The van der Waals surface area contributed by atoms with Crippen molar-refractivity contribution in [1.82, 2.24) is 5.32 Å². The van der Waals surface area contributed by atoms with E-state index in [0.29, 0.717) is 6.54 Å². The summed E-state index contributed by atoms with van der Waals surface area (Å²) in [6.45, 7) is 4.55. The van der Waals surface area contributed by atoms with Gasteiger partial charge in [-0.2, -0.15) is 0 Å². The van der Waals surface area contributed by atoms with Gasteiger partial charge >= 0.3 is 0 Å². The summed E-state index contributed by atoms with van der Waals surface area (Å²) in [6.07, 6.45) is 0. The molecule has 1 heterocycles. The molecule has 0 radical (unpaired) electrons. The van der Waals surface area contributed by atoms with Gasteiger partial charge in [0.2, 0.25) is 5.91 Å². The maximum Gasteiger partial charge on any atom is 0.221 e. The first-order chi connectivity index (χ1) is 6.61. The summed E-state index contributed by atoms with van der Waals surface area (Å²) in [5.74, 6) is -0.367. The standard InChI is InChI=1S/C10H16N2OS/c1-7(10(11)13)6-12-8(2)9-4-3-5-14-9/h3-5,7-8,12H,6H2,1-2H3,(H2,11,13)/t7?,8-/m1/s1. The van der Waals surface area contributed by atoms with E-state index in [1.165, 1.54) is 4.88 Å². The van der Waals surface area contributed by atoms with E-state index in [-0.39, 0.29) is 17.9 Å². The van der Waals surface area contributed by atoms with Gasteiger partial charge in [-0.1, -0.05) is 13.0 Å². The third kappa shape index (κ3) is 3.12. The number of nitrogens with two attached hydrogens (primary N) is 1. The molecular weight excluding hydrogens is 196 g/mol. The molecule has 0 aliphatic heterocycles. The topological polar surface area (TPSA) is 55.1 Å². The van der Waals surface area contributed by atoms with Gasteiger partial charge in [0.05, 0.1) is 0 Å². The van der Waals surface area contributed by atoms with E-state index in [4.69, 9.17) is 5.73 Å². The van der Waals surface area contributed by atoms with Crippen LogP contribution in [0.15, 0.2) is 17.5 Å². The Balaban J connectivity index is 2.35. The molecule has 0 aliphatic rings. The second-order valence-corrected chi connectivity index (χ2v) is 4.43. The van der Waals surface area contributed by atoms with Crippen LogP contribution in [-0.2, 0) is 4.79 Å². The normalized spacial score (nSPS) is 15.0. The first kappa shape index (κ1) is 11.2. The van der Waals surface area contributed by atoms with Gasteiger partial charge in [-0.3, -0.25) is 4.79 Å². The van der Waals surface area contributed by atoms with Gasteiger partial charge in [0.15, 0.2) is 0 Å². The molecule has 0 fully saturated rings. The lowest BCUT2D eigenvalue weighted by Gasteiger charge is -2.14. The first-order valence-electron chi connectivity index (χ1n) is 4.67. The van der Waals surface area contributed by atoms with Gasteiger partial charge in [0, 0.05) is 23.4 Å². The van der Waals surface area contributed by atoms with Gasteiger partial charge < -0.3 is 11.1 Å². The second-order valence-electron chi connectivity index (χ2n) is 3.45. The van der Waals surface area contributed by atoms with Crippen molar-refractivity contribution < 1.29 is 4.79 Å². The first-order valence-corrected chi connectivity index (χ1v) is 5.55. The smallest absolute Gasteiger partial charge is 0.221 e. The molecule has 0 saturated carbocycles. The average molecular weight is 212 g/mol. The largest absolute Gasteiger partial charge is 0.369 e. The molecule has 1 unspecified atom stereocenters. The van der Waals surface area contributed by atoms with E-state index in [1.807, 2.05) is 18.4 Å². The molecule has 1 aromatic rings. The molecule has 3 N–H and O–H groups in total. The maximum absolute atomic E-state index is 10.8. The number of primary amides is 1. The summed E-state index contributed by atoms with van der Waals surface area (Å²) in [4.78, 5) is 12.1. The van der Waals surface area contributed by atoms with E-state index in [9.17, 15) is 4.79 Å². The molecule has 4 heteroatoms. The maximum atomic E-state index is 10.8. The Kier molecular flexibility index (Phi) is 4.10. The Bertz CT molecular complexity index is 284. The van der Waals surface area contributed by atoms with Crippen LogP contribution in [0, 0.1) is 5.92 Å². The Morgan fingerprint density at radius 2 is 2.36 bits per heavy atom. The highest BCUT2D eigenvalue weighted by atomic mass is 32.1. The zero-order valence-corrected chi connectivity index (χ0v) is 9.30. The van der Waals surface area contributed by atoms with Gasteiger partial charge in [0.1, 0.15) is 0 Å². The molecule has 78 valence electrons. The SMILES string of the molecule is CC(CN[C@H](C)c1cccs1)C(N)=O. The van der Waals surface area contributed by atoms with Crippen LogP contribution in [0.5, 0.6) is 0 Å². The molecule has 1 rings (SSSR count). The number of nitrogens with one attached hydrogen (secondary N) is 1. The quantitative estimate of drug-likeness (QED) is 0.777. The fraction of sp³-hybridized carbons (Fsp3) is 0.500. The molecule has 1 amide bonds. The van der Waals surface area contributed by atoms with Crippen LogP contribution in [0.3, 0.4) is 0 Å². The number of carbonyl (C=O) groups excluding carboxylic acids is 1. The van der Waals surface area contributed by atoms with Crippen molar-refractivity contribution >= 4 is 17.2 Å². The molecule has 0 aliphatic carbocycles. The highest BCUT2D eigenvalue weighted by Crippen LogP contribution is 2.17. The number of hydrogen-bond donors (Lipinski definition) is 2. The summed E-state index contributed by atoms with van der Waals surface area (Å²) >= 11 is 1.71. The predicted octanol–water partition coefficient (Wildman–Crippen LogP) is 1.52. The van der Waals surface area contributed by atoms with Crippen LogP contribution < -0.4 is 11.1 Å². The van der Waals surface area contributed by atoms with Crippen LogP contribution in [0.1, 0.15) is 24.8 Å². The molecule has 0 spiro atoms. The predicted molar refractivity (Wildman–Crippen MR) is 59.1 cm³/mol. The van der Waals surface area contributed by atoms with Gasteiger partial charge in [0.25, 0.3) is 0 Å². The van der Waals surface area contributed by atoms with Gasteiger partial charge in [-0.15, -0.1) is 11.3 Å². The van der Waals surface area contributed by atoms with E-state index >= 15 is 0 Å². The summed E-state index contributed by atoms with van der Waals surface area (Å²) in [5, 5.41) is 5.32. The highest BCUT2D eigenvalue weighted by molar-refractivity contribution is 7.10. The van der Waals surface area contributed by atoms with Crippen molar-refractivity contribution in [1.29, 1.82) is 0 Å². The fourth-order valence-corrected chi connectivity index (χ4v) is 1.85. The lowest BCUT2D eigenvalue weighted by molar-refractivity contribution is -0.121. The molecule has 0 aromatic carbocycles. The Morgan fingerprint density at radius 3 is 2.86 bits per heavy atom. The summed E-state index contributed by atoms with van der Waals surface area (Å²) in [6, 6.07) is 4.39. The number of carbonyl (C=O) groups is 1. The van der Waals surface area contributed by atoms with Crippen molar-refractivity contribution in [2.75, 3.05) is 6.54 Å². The molecule has 2 atom stereocenters. The highest BCUT2D eigenvalue weighted by Gasteiger charge is 2.11. The molecule has 0 bridgehead atoms. The van der Waals surface area contributed by atoms with Crippen LogP contribution >= 0.6 is 11.3 Å². The molecule has 1 aromatic heterocycles. The number of rotatable bonds is 5. The Morgan fingerprint density at radius 1 is 1.64 bits per heavy atom. The summed E-state index contributed by atoms with van der Waals surface area (Å²) in [5.41, 5.74) is 5.16. The van der Waals surface area contributed by atoms with Crippen LogP contribution in [0.4, 0.5) is 0 Å². The van der Waals surface area contributed by atoms with Gasteiger partial charge in [-0.25, -0.2) is 0 Å². The average Bonchev–Trinajstić information content (AvgIpc) is 2.66. The monoisotopic (exact) mass is 212 g/mol. The molecule has 14 heavy (non-hydrogen) atoms. The number of amides is 1. The summed E-state index contributed by atoms with van der Waals surface area (Å²) < 4.78 is 0. The van der Waals surface area contributed by atoms with Crippen molar-refractivity contribution in [2.45, 2.75) is 19.9 Å². The van der Waals surface area contributed by atoms with Crippen molar-refractivity contribution in [3.63, 3.8) is 0 Å².